The van der Waals surface area contributed by atoms with E-state index in [1.165, 1.54) is 0 Å². The van der Waals surface area contributed by atoms with Crippen LogP contribution in [0, 0.1) is 0 Å². The number of furan rings is 1. The second kappa shape index (κ2) is 5.40. The molecule has 0 saturated heterocycles. The predicted molar refractivity (Wildman–Crippen MR) is 77.9 cm³/mol. The van der Waals surface area contributed by atoms with Crippen LogP contribution in [0.3, 0.4) is 0 Å². The van der Waals surface area contributed by atoms with Gasteiger partial charge in [0.2, 0.25) is 0 Å². The number of aromatic nitrogens is 3. The summed E-state index contributed by atoms with van der Waals surface area (Å²) in [5.41, 5.74) is 0.699. The minimum absolute atomic E-state index is 0.251. The summed E-state index contributed by atoms with van der Waals surface area (Å²) in [6.45, 7) is 4.31. The number of hydrogen-bond acceptors (Lipinski definition) is 4. The molecule has 0 aliphatic rings. The first-order valence-electron chi connectivity index (χ1n) is 6.81. The molecule has 2 N–H and O–H groups in total. The van der Waals surface area contributed by atoms with Crippen molar-refractivity contribution < 1.29 is 9.21 Å². The van der Waals surface area contributed by atoms with Gasteiger partial charge in [-0.1, -0.05) is 32.0 Å². The molecule has 0 spiro atoms. The van der Waals surface area contributed by atoms with Crippen LogP contribution in [-0.2, 0) is 6.54 Å². The summed E-state index contributed by atoms with van der Waals surface area (Å²) in [6, 6.07) is 9.24. The van der Waals surface area contributed by atoms with Crippen LogP contribution >= 0.6 is 0 Å². The van der Waals surface area contributed by atoms with Crippen molar-refractivity contribution in [2.24, 2.45) is 0 Å². The molecular formula is C15H16N4O2. The molecule has 2 heterocycles. The topological polar surface area (TPSA) is 83.8 Å². The molecule has 108 valence electrons. The molecule has 1 aromatic carbocycles. The van der Waals surface area contributed by atoms with E-state index in [4.69, 9.17) is 4.42 Å². The van der Waals surface area contributed by atoms with Gasteiger partial charge in [0, 0.05) is 11.3 Å². The number of rotatable bonds is 4. The van der Waals surface area contributed by atoms with Gasteiger partial charge in [0.05, 0.1) is 6.54 Å². The van der Waals surface area contributed by atoms with Gasteiger partial charge in [-0.25, -0.2) is 4.98 Å². The molecule has 0 aliphatic heterocycles. The Hall–Kier alpha value is -2.63. The largest absolute Gasteiger partial charge is 0.451 e. The molecule has 0 radical (unpaired) electrons. The highest BCUT2D eigenvalue weighted by molar-refractivity contribution is 5.95. The van der Waals surface area contributed by atoms with E-state index in [9.17, 15) is 4.79 Å². The molecule has 0 atom stereocenters. The Labute approximate surface area is 121 Å². The lowest BCUT2D eigenvalue weighted by atomic mass is 10.2. The minimum Gasteiger partial charge on any atom is -0.451 e. The number of fused-ring (bicyclic) bond motifs is 1. The first kappa shape index (κ1) is 13.4. The maximum absolute atomic E-state index is 12.1. The van der Waals surface area contributed by atoms with E-state index < -0.39 is 0 Å². The lowest BCUT2D eigenvalue weighted by Crippen LogP contribution is -2.22. The molecule has 0 fully saturated rings. The number of amides is 1. The third-order valence-electron chi connectivity index (χ3n) is 3.13. The summed E-state index contributed by atoms with van der Waals surface area (Å²) in [7, 11) is 0. The monoisotopic (exact) mass is 284 g/mol. The summed E-state index contributed by atoms with van der Waals surface area (Å²) in [5.74, 6) is 1.64. The molecule has 3 aromatic rings. The van der Waals surface area contributed by atoms with Crippen LogP contribution in [0.15, 0.2) is 34.7 Å². The van der Waals surface area contributed by atoms with Crippen LogP contribution in [0.2, 0.25) is 0 Å². The van der Waals surface area contributed by atoms with Crippen molar-refractivity contribution in [3.8, 4) is 0 Å². The first-order valence-corrected chi connectivity index (χ1v) is 6.81. The number of H-pyrrole nitrogens is 1. The second-order valence-electron chi connectivity index (χ2n) is 5.13. The van der Waals surface area contributed by atoms with Gasteiger partial charge in [0.25, 0.3) is 5.91 Å². The van der Waals surface area contributed by atoms with E-state index in [1.54, 1.807) is 6.07 Å². The van der Waals surface area contributed by atoms with Gasteiger partial charge >= 0.3 is 0 Å². The van der Waals surface area contributed by atoms with Crippen molar-refractivity contribution in [1.82, 2.24) is 20.5 Å². The fourth-order valence-electron chi connectivity index (χ4n) is 1.99. The number of nitrogens with one attached hydrogen (secondary N) is 2. The van der Waals surface area contributed by atoms with Crippen molar-refractivity contribution in [2.75, 3.05) is 0 Å². The quantitative estimate of drug-likeness (QED) is 0.771. The summed E-state index contributed by atoms with van der Waals surface area (Å²) >= 11 is 0. The number of hydrogen-bond donors (Lipinski definition) is 2. The summed E-state index contributed by atoms with van der Waals surface area (Å²) in [6.07, 6.45) is 0. The summed E-state index contributed by atoms with van der Waals surface area (Å²) in [4.78, 5) is 16.4. The number of nitrogens with zero attached hydrogens (tertiary/aromatic N) is 2. The maximum atomic E-state index is 12.1. The van der Waals surface area contributed by atoms with Gasteiger partial charge in [-0.15, -0.1) is 0 Å². The zero-order chi connectivity index (χ0) is 14.8. The highest BCUT2D eigenvalue weighted by Gasteiger charge is 2.13. The molecule has 0 unspecified atom stereocenters. The van der Waals surface area contributed by atoms with Crippen LogP contribution in [0.5, 0.6) is 0 Å². The van der Waals surface area contributed by atoms with Gasteiger partial charge in [-0.2, -0.15) is 5.10 Å². The van der Waals surface area contributed by atoms with Crippen molar-refractivity contribution >= 4 is 16.9 Å². The Morgan fingerprint density at radius 3 is 2.90 bits per heavy atom. The zero-order valence-electron chi connectivity index (χ0n) is 11.9. The van der Waals surface area contributed by atoms with Crippen molar-refractivity contribution in [2.45, 2.75) is 26.3 Å². The van der Waals surface area contributed by atoms with Crippen molar-refractivity contribution in [3.05, 3.63) is 47.7 Å². The molecule has 21 heavy (non-hydrogen) atoms. The highest BCUT2D eigenvalue weighted by Crippen LogP contribution is 2.18. The number of benzene rings is 1. The van der Waals surface area contributed by atoms with Gasteiger partial charge in [0.1, 0.15) is 11.4 Å². The normalized spacial score (nSPS) is 11.2. The Morgan fingerprint density at radius 1 is 1.38 bits per heavy atom. The van der Waals surface area contributed by atoms with Crippen molar-refractivity contribution in [1.29, 1.82) is 0 Å². The van der Waals surface area contributed by atoms with Crippen LogP contribution in [-0.4, -0.2) is 21.1 Å². The van der Waals surface area contributed by atoms with E-state index in [-0.39, 0.29) is 18.4 Å². The van der Waals surface area contributed by atoms with E-state index in [0.717, 1.165) is 11.2 Å². The molecular weight excluding hydrogens is 268 g/mol. The molecule has 0 aliphatic carbocycles. The number of carbonyl (C=O) groups excluding carboxylic acids is 1. The summed E-state index contributed by atoms with van der Waals surface area (Å²) < 4.78 is 5.50. The molecule has 6 heteroatoms. The Balaban J connectivity index is 1.68. The Kier molecular flexibility index (Phi) is 3.43. The molecule has 0 saturated carbocycles. The smallest absolute Gasteiger partial charge is 0.287 e. The average molecular weight is 284 g/mol. The fourth-order valence-corrected chi connectivity index (χ4v) is 1.99. The second-order valence-corrected chi connectivity index (χ2v) is 5.13. The third-order valence-corrected chi connectivity index (χ3v) is 3.13. The van der Waals surface area contributed by atoms with E-state index in [1.807, 2.05) is 38.1 Å². The SMILES string of the molecule is CC(C)c1n[nH]c(CNC(=O)c2cc3ccccc3o2)n1. The van der Waals surface area contributed by atoms with E-state index in [2.05, 4.69) is 20.5 Å². The zero-order valence-corrected chi connectivity index (χ0v) is 11.9. The number of para-hydroxylation sites is 1. The standard InChI is InChI=1S/C15H16N4O2/c1-9(2)14-17-13(18-19-14)8-16-15(20)12-7-10-5-3-4-6-11(10)21-12/h3-7,9H,8H2,1-2H3,(H,16,20)(H,17,18,19). The van der Waals surface area contributed by atoms with Crippen LogP contribution in [0.1, 0.15) is 42.0 Å². The molecule has 2 aromatic heterocycles. The van der Waals surface area contributed by atoms with Gasteiger partial charge in [-0.05, 0) is 12.1 Å². The van der Waals surface area contributed by atoms with Gasteiger partial charge < -0.3 is 9.73 Å². The van der Waals surface area contributed by atoms with Crippen LogP contribution in [0.25, 0.3) is 11.0 Å². The maximum Gasteiger partial charge on any atom is 0.287 e. The Morgan fingerprint density at radius 2 is 2.19 bits per heavy atom. The third kappa shape index (κ3) is 2.79. The summed E-state index contributed by atoms with van der Waals surface area (Å²) in [5, 5.41) is 10.6. The molecule has 3 rings (SSSR count). The lowest BCUT2D eigenvalue weighted by Gasteiger charge is -1.99. The average Bonchev–Trinajstić information content (AvgIpc) is 3.11. The van der Waals surface area contributed by atoms with E-state index >= 15 is 0 Å². The minimum atomic E-state index is -0.270. The fraction of sp³-hybridized carbons (Fsp3) is 0.267. The molecule has 6 nitrogen and oxygen atoms in total. The lowest BCUT2D eigenvalue weighted by molar-refractivity contribution is 0.0924. The highest BCUT2D eigenvalue weighted by atomic mass is 16.3. The van der Waals surface area contributed by atoms with Gasteiger partial charge in [0.15, 0.2) is 11.6 Å². The predicted octanol–water partition coefficient (Wildman–Crippen LogP) is 2.60. The first-order chi connectivity index (χ1) is 10.1. The Bertz CT molecular complexity index is 740. The van der Waals surface area contributed by atoms with Crippen LogP contribution in [0.4, 0.5) is 0 Å². The van der Waals surface area contributed by atoms with Gasteiger partial charge in [-0.3, -0.25) is 9.89 Å². The van der Waals surface area contributed by atoms with E-state index in [0.29, 0.717) is 17.2 Å². The van der Waals surface area contributed by atoms with Crippen molar-refractivity contribution in [3.63, 3.8) is 0 Å². The number of aromatic amines is 1. The number of carbonyl (C=O) groups is 1. The van der Waals surface area contributed by atoms with Crippen LogP contribution < -0.4 is 5.32 Å². The molecule has 0 bridgehead atoms. The molecule has 1 amide bonds.